The summed E-state index contributed by atoms with van der Waals surface area (Å²) in [5.74, 6) is 7.19. The molecule has 0 unspecified atom stereocenters. The van der Waals surface area contributed by atoms with E-state index in [1.165, 1.54) is 6.33 Å². The summed E-state index contributed by atoms with van der Waals surface area (Å²) in [5.41, 5.74) is 9.24. The highest BCUT2D eigenvalue weighted by molar-refractivity contribution is 6.16. The number of nitrogens with zero attached hydrogens (tertiary/aromatic N) is 3. The zero-order valence-corrected chi connectivity index (χ0v) is 21.4. The molecule has 1 aromatic heterocycles. The average Bonchev–Trinajstić information content (AvgIpc) is 2.94. The van der Waals surface area contributed by atoms with Crippen LogP contribution in [0, 0.1) is 5.41 Å². The van der Waals surface area contributed by atoms with Crippen LogP contribution in [-0.4, -0.2) is 66.6 Å². The van der Waals surface area contributed by atoms with E-state index >= 15 is 0 Å². The Hall–Kier alpha value is -4.19. The molecule has 0 amide bonds. The van der Waals surface area contributed by atoms with Crippen LogP contribution in [0.25, 0.3) is 0 Å². The first-order valence-corrected chi connectivity index (χ1v) is 12.4. The molecule has 2 aromatic carbocycles. The highest BCUT2D eigenvalue weighted by Gasteiger charge is 2.17. The first kappa shape index (κ1) is 26.9. The first-order valence-electron chi connectivity index (χ1n) is 12.4. The Morgan fingerprint density at radius 1 is 1.08 bits per heavy atom. The Balaban J connectivity index is 1.38. The zero-order chi connectivity index (χ0) is 26.7. The number of nitrogen functional groups attached to an aromatic ring is 1. The molecular formula is C27H34N8O3. The van der Waals surface area contributed by atoms with Crippen molar-refractivity contribution in [3.05, 3.63) is 77.8 Å². The number of benzene rings is 2. The molecule has 200 valence electrons. The van der Waals surface area contributed by atoms with Crippen LogP contribution in [0.3, 0.4) is 0 Å². The van der Waals surface area contributed by atoms with Crippen molar-refractivity contribution in [3.8, 4) is 5.75 Å². The first-order chi connectivity index (χ1) is 18.5. The van der Waals surface area contributed by atoms with Crippen molar-refractivity contribution in [1.82, 2.24) is 14.9 Å². The molecular weight excluding hydrogens is 484 g/mol. The van der Waals surface area contributed by atoms with E-state index < -0.39 is 0 Å². The number of rotatable bonds is 12. The van der Waals surface area contributed by atoms with Gasteiger partial charge in [0.25, 0.3) is 0 Å². The third-order valence-electron chi connectivity index (χ3n) is 6.08. The smallest absolute Gasteiger partial charge is 0.145 e. The minimum Gasteiger partial charge on any atom is -0.492 e. The van der Waals surface area contributed by atoms with Gasteiger partial charge < -0.3 is 30.7 Å². The molecule has 0 saturated carbocycles. The maximum atomic E-state index is 8.83. The Labute approximate surface area is 222 Å². The van der Waals surface area contributed by atoms with E-state index in [9.17, 15) is 0 Å². The van der Waals surface area contributed by atoms with E-state index in [4.69, 9.17) is 26.5 Å². The summed E-state index contributed by atoms with van der Waals surface area (Å²) in [6.07, 6.45) is 3.22. The summed E-state index contributed by atoms with van der Waals surface area (Å²) in [7, 11) is 0. The van der Waals surface area contributed by atoms with Crippen molar-refractivity contribution in [3.63, 3.8) is 0 Å². The van der Waals surface area contributed by atoms with Crippen molar-refractivity contribution in [2.45, 2.75) is 6.92 Å². The van der Waals surface area contributed by atoms with Gasteiger partial charge in [-0.3, -0.25) is 10.3 Å². The summed E-state index contributed by atoms with van der Waals surface area (Å²) in [5, 5.41) is 15.3. The van der Waals surface area contributed by atoms with Crippen LogP contribution >= 0.6 is 0 Å². The molecule has 0 aliphatic carbocycles. The fourth-order valence-electron chi connectivity index (χ4n) is 3.89. The van der Waals surface area contributed by atoms with Gasteiger partial charge in [-0.05, 0) is 61.5 Å². The van der Waals surface area contributed by atoms with E-state index in [0.29, 0.717) is 35.9 Å². The monoisotopic (exact) mass is 518 g/mol. The Bertz CT molecular complexity index is 1230. The normalized spacial score (nSPS) is 14.1. The van der Waals surface area contributed by atoms with Gasteiger partial charge in [-0.15, -0.1) is 0 Å². The van der Waals surface area contributed by atoms with Gasteiger partial charge in [0.1, 0.15) is 36.1 Å². The van der Waals surface area contributed by atoms with E-state index in [1.807, 2.05) is 54.6 Å². The van der Waals surface area contributed by atoms with Crippen molar-refractivity contribution in [1.29, 1.82) is 5.41 Å². The molecule has 11 nitrogen and oxygen atoms in total. The third-order valence-corrected chi connectivity index (χ3v) is 6.08. The number of nitrogens with two attached hydrogens (primary N) is 2. The second-order valence-corrected chi connectivity index (χ2v) is 8.70. The molecule has 0 bridgehead atoms. The highest BCUT2D eigenvalue weighted by Crippen LogP contribution is 2.26. The number of hydrogen-bond acceptors (Lipinski definition) is 11. The van der Waals surface area contributed by atoms with E-state index in [2.05, 4.69) is 30.3 Å². The standard InChI is InChI=1S/C27H34N8O3/c1-19(38-30)10-11-31-21-4-6-22(7-5-21)34-27-24(26(29)32-18-33-27)25(28)20-2-8-23(9-3-20)37-17-14-35-12-15-36-16-13-35/h2-10,18,28,31H,11-17,30H2,1H3,(H3,29,32,33,34)/b19-10-,28-25?. The van der Waals surface area contributed by atoms with Crippen molar-refractivity contribution < 1.29 is 14.3 Å². The van der Waals surface area contributed by atoms with Gasteiger partial charge in [-0.1, -0.05) is 0 Å². The number of ether oxygens (including phenoxy) is 2. The van der Waals surface area contributed by atoms with Crippen molar-refractivity contribution in [2.75, 3.05) is 62.4 Å². The van der Waals surface area contributed by atoms with Crippen LogP contribution in [0.5, 0.6) is 5.75 Å². The number of anilines is 4. The Kier molecular flexibility index (Phi) is 9.46. The molecule has 1 aliphatic rings. The number of hydrogen-bond donors (Lipinski definition) is 5. The molecule has 7 N–H and O–H groups in total. The molecule has 2 heterocycles. The molecule has 11 heteroatoms. The summed E-state index contributed by atoms with van der Waals surface area (Å²) in [6, 6.07) is 15.1. The lowest BCUT2D eigenvalue weighted by molar-refractivity contribution is 0.0322. The van der Waals surface area contributed by atoms with Crippen LogP contribution in [0.15, 0.2) is 66.7 Å². The maximum absolute atomic E-state index is 8.83. The lowest BCUT2D eigenvalue weighted by Crippen LogP contribution is -2.38. The van der Waals surface area contributed by atoms with Crippen LogP contribution in [0.1, 0.15) is 18.1 Å². The lowest BCUT2D eigenvalue weighted by atomic mass is 10.0. The summed E-state index contributed by atoms with van der Waals surface area (Å²) < 4.78 is 11.3. The van der Waals surface area contributed by atoms with Crippen molar-refractivity contribution >= 4 is 28.7 Å². The van der Waals surface area contributed by atoms with Gasteiger partial charge in [0.05, 0.1) is 24.5 Å². The number of nitrogens with one attached hydrogen (secondary N) is 3. The molecule has 1 fully saturated rings. The van der Waals surface area contributed by atoms with E-state index in [0.717, 1.165) is 50.0 Å². The van der Waals surface area contributed by atoms with Crippen LogP contribution in [-0.2, 0) is 9.57 Å². The molecule has 0 spiro atoms. The highest BCUT2D eigenvalue weighted by atomic mass is 16.6. The predicted molar refractivity (Wildman–Crippen MR) is 149 cm³/mol. The fraction of sp³-hybridized carbons (Fsp3) is 0.296. The topological polar surface area (TPSA) is 157 Å². The van der Waals surface area contributed by atoms with Crippen molar-refractivity contribution in [2.24, 2.45) is 5.90 Å². The van der Waals surface area contributed by atoms with Crippen LogP contribution in [0.2, 0.25) is 0 Å². The number of aromatic nitrogens is 2. The molecule has 0 atom stereocenters. The zero-order valence-electron chi connectivity index (χ0n) is 21.4. The Morgan fingerprint density at radius 2 is 1.79 bits per heavy atom. The van der Waals surface area contributed by atoms with E-state index in [-0.39, 0.29) is 11.5 Å². The van der Waals surface area contributed by atoms with Gasteiger partial charge >= 0.3 is 0 Å². The molecule has 4 rings (SSSR count). The minimum atomic E-state index is 0.216. The molecule has 1 aliphatic heterocycles. The largest absolute Gasteiger partial charge is 0.492 e. The summed E-state index contributed by atoms with van der Waals surface area (Å²) in [4.78, 5) is 15.4. The fourth-order valence-corrected chi connectivity index (χ4v) is 3.89. The van der Waals surface area contributed by atoms with Crippen LogP contribution < -0.4 is 27.0 Å². The predicted octanol–water partition coefficient (Wildman–Crippen LogP) is 3.14. The summed E-state index contributed by atoms with van der Waals surface area (Å²) >= 11 is 0. The van der Waals surface area contributed by atoms with Gasteiger partial charge in [0, 0.05) is 43.1 Å². The molecule has 1 saturated heterocycles. The second-order valence-electron chi connectivity index (χ2n) is 8.70. The lowest BCUT2D eigenvalue weighted by Gasteiger charge is -2.26. The quantitative estimate of drug-likeness (QED) is 0.137. The summed E-state index contributed by atoms with van der Waals surface area (Å²) in [6.45, 7) is 7.21. The van der Waals surface area contributed by atoms with Crippen LogP contribution in [0.4, 0.5) is 23.0 Å². The SMILES string of the molecule is C/C(=C/CNc1ccc(Nc2ncnc(N)c2C(=N)c2ccc(OCCN3CCOCC3)cc2)cc1)ON. The number of morpholine rings is 1. The maximum Gasteiger partial charge on any atom is 0.145 e. The molecule has 3 aromatic rings. The van der Waals surface area contributed by atoms with Gasteiger partial charge in [0.2, 0.25) is 0 Å². The average molecular weight is 519 g/mol. The number of allylic oxidation sites excluding steroid dienone is 1. The van der Waals surface area contributed by atoms with E-state index in [1.54, 1.807) is 6.92 Å². The van der Waals surface area contributed by atoms with Gasteiger partial charge in [-0.25, -0.2) is 9.97 Å². The third kappa shape index (κ3) is 7.42. The molecule has 38 heavy (non-hydrogen) atoms. The minimum absolute atomic E-state index is 0.216. The van der Waals surface area contributed by atoms with Gasteiger partial charge in [-0.2, -0.15) is 5.90 Å². The Morgan fingerprint density at radius 3 is 2.50 bits per heavy atom. The van der Waals surface area contributed by atoms with Gasteiger partial charge in [0.15, 0.2) is 0 Å². The second kappa shape index (κ2) is 13.4. The molecule has 0 radical (unpaired) electrons.